The van der Waals surface area contributed by atoms with Gasteiger partial charge < -0.3 is 10.4 Å². The number of amides is 1. The molecule has 0 spiro atoms. The van der Waals surface area contributed by atoms with Gasteiger partial charge in [-0.15, -0.1) is 0 Å². The molecule has 0 saturated carbocycles. The molecule has 104 valence electrons. The number of rotatable bonds is 7. The van der Waals surface area contributed by atoms with Gasteiger partial charge in [0.05, 0.1) is 6.42 Å². The minimum atomic E-state index is -0.875. The molecule has 1 amide bonds. The van der Waals surface area contributed by atoms with Crippen molar-refractivity contribution in [2.45, 2.75) is 39.5 Å². The molecular weight excluding hydrogens is 242 g/mol. The topological polar surface area (TPSA) is 66.4 Å². The third kappa shape index (κ3) is 5.55. The van der Waals surface area contributed by atoms with E-state index in [0.29, 0.717) is 11.3 Å². The van der Waals surface area contributed by atoms with Crippen LogP contribution in [0.4, 0.5) is 5.69 Å². The van der Waals surface area contributed by atoms with Gasteiger partial charge in [-0.25, -0.2) is 0 Å². The first-order valence-corrected chi connectivity index (χ1v) is 6.64. The fourth-order valence-electron chi connectivity index (χ4n) is 1.84. The second-order valence-corrected chi connectivity index (χ2v) is 4.80. The zero-order valence-electron chi connectivity index (χ0n) is 11.5. The molecule has 0 aliphatic rings. The molecule has 0 radical (unpaired) electrons. The molecule has 1 aromatic carbocycles. The lowest BCUT2D eigenvalue weighted by Gasteiger charge is -2.12. The van der Waals surface area contributed by atoms with Gasteiger partial charge in [0, 0.05) is 11.6 Å². The predicted octanol–water partition coefficient (Wildman–Crippen LogP) is 3.08. The SMILES string of the molecule is CCCCC(C)C(=O)Nc1cccc(CC(=O)O)c1. The number of carboxylic acid groups (broad SMARTS) is 1. The highest BCUT2D eigenvalue weighted by Crippen LogP contribution is 2.15. The van der Waals surface area contributed by atoms with Crippen molar-refractivity contribution >= 4 is 17.6 Å². The van der Waals surface area contributed by atoms with E-state index in [9.17, 15) is 9.59 Å². The molecular formula is C15H21NO3. The molecule has 1 aromatic rings. The molecule has 1 atom stereocenters. The molecule has 0 aliphatic heterocycles. The maximum absolute atomic E-state index is 11.9. The van der Waals surface area contributed by atoms with Crippen molar-refractivity contribution in [3.63, 3.8) is 0 Å². The van der Waals surface area contributed by atoms with Crippen molar-refractivity contribution in [2.75, 3.05) is 5.32 Å². The Morgan fingerprint density at radius 2 is 2.11 bits per heavy atom. The van der Waals surface area contributed by atoms with Gasteiger partial charge in [0.1, 0.15) is 0 Å². The van der Waals surface area contributed by atoms with E-state index in [1.165, 1.54) is 0 Å². The summed E-state index contributed by atoms with van der Waals surface area (Å²) in [5.74, 6) is -0.913. The van der Waals surface area contributed by atoms with Crippen LogP contribution in [-0.2, 0) is 16.0 Å². The number of carbonyl (C=O) groups excluding carboxylic acids is 1. The summed E-state index contributed by atoms with van der Waals surface area (Å²) >= 11 is 0. The summed E-state index contributed by atoms with van der Waals surface area (Å²) in [6.07, 6.45) is 2.95. The highest BCUT2D eigenvalue weighted by atomic mass is 16.4. The Morgan fingerprint density at radius 3 is 2.74 bits per heavy atom. The zero-order chi connectivity index (χ0) is 14.3. The summed E-state index contributed by atoms with van der Waals surface area (Å²) < 4.78 is 0. The van der Waals surface area contributed by atoms with Crippen LogP contribution in [0.2, 0.25) is 0 Å². The van der Waals surface area contributed by atoms with Crippen LogP contribution in [-0.4, -0.2) is 17.0 Å². The minimum absolute atomic E-state index is 0.0130. The molecule has 2 N–H and O–H groups in total. The van der Waals surface area contributed by atoms with E-state index in [1.807, 2.05) is 6.92 Å². The molecule has 0 bridgehead atoms. The van der Waals surface area contributed by atoms with Crippen molar-refractivity contribution in [1.29, 1.82) is 0 Å². The lowest BCUT2D eigenvalue weighted by Crippen LogP contribution is -2.20. The smallest absolute Gasteiger partial charge is 0.307 e. The van der Waals surface area contributed by atoms with Crippen molar-refractivity contribution < 1.29 is 14.7 Å². The van der Waals surface area contributed by atoms with E-state index < -0.39 is 5.97 Å². The van der Waals surface area contributed by atoms with Gasteiger partial charge in [0.25, 0.3) is 0 Å². The van der Waals surface area contributed by atoms with E-state index in [1.54, 1.807) is 24.3 Å². The number of unbranched alkanes of at least 4 members (excludes halogenated alkanes) is 1. The Hall–Kier alpha value is -1.84. The van der Waals surface area contributed by atoms with Crippen LogP contribution in [0, 0.1) is 5.92 Å². The molecule has 1 unspecified atom stereocenters. The molecule has 0 saturated heterocycles. The summed E-state index contributed by atoms with van der Waals surface area (Å²) in [6.45, 7) is 4.01. The number of carboxylic acids is 1. The number of nitrogens with one attached hydrogen (secondary N) is 1. The average molecular weight is 263 g/mol. The van der Waals surface area contributed by atoms with Crippen LogP contribution < -0.4 is 5.32 Å². The van der Waals surface area contributed by atoms with Crippen molar-refractivity contribution in [3.8, 4) is 0 Å². The predicted molar refractivity (Wildman–Crippen MR) is 75.1 cm³/mol. The Balaban J connectivity index is 2.61. The number of anilines is 1. The van der Waals surface area contributed by atoms with Gasteiger partial charge in [-0.05, 0) is 24.1 Å². The normalized spacial score (nSPS) is 11.9. The maximum Gasteiger partial charge on any atom is 0.307 e. The van der Waals surface area contributed by atoms with Crippen LogP contribution in [0.5, 0.6) is 0 Å². The minimum Gasteiger partial charge on any atom is -0.481 e. The van der Waals surface area contributed by atoms with E-state index >= 15 is 0 Å². The molecule has 0 heterocycles. The van der Waals surface area contributed by atoms with Crippen molar-refractivity contribution in [2.24, 2.45) is 5.92 Å². The van der Waals surface area contributed by atoms with Gasteiger partial charge in [-0.2, -0.15) is 0 Å². The first-order valence-electron chi connectivity index (χ1n) is 6.64. The van der Waals surface area contributed by atoms with E-state index in [2.05, 4.69) is 12.2 Å². The quantitative estimate of drug-likeness (QED) is 0.794. The second kappa shape index (κ2) is 7.56. The van der Waals surface area contributed by atoms with Crippen LogP contribution in [0.15, 0.2) is 24.3 Å². The maximum atomic E-state index is 11.9. The average Bonchev–Trinajstić information content (AvgIpc) is 2.35. The Bertz CT molecular complexity index is 443. The molecule has 0 fully saturated rings. The summed E-state index contributed by atoms with van der Waals surface area (Å²) in [5, 5.41) is 11.6. The first kappa shape index (κ1) is 15.2. The van der Waals surface area contributed by atoms with Crippen LogP contribution in [0.3, 0.4) is 0 Å². The van der Waals surface area contributed by atoms with Crippen molar-refractivity contribution in [1.82, 2.24) is 0 Å². The van der Waals surface area contributed by atoms with E-state index in [-0.39, 0.29) is 18.2 Å². The highest BCUT2D eigenvalue weighted by Gasteiger charge is 2.12. The summed E-state index contributed by atoms with van der Waals surface area (Å²) in [7, 11) is 0. The third-order valence-corrected chi connectivity index (χ3v) is 2.99. The Labute approximate surface area is 113 Å². The first-order chi connectivity index (χ1) is 9.02. The lowest BCUT2D eigenvalue weighted by molar-refractivity contribution is -0.136. The molecule has 4 heteroatoms. The Kier molecular flexibility index (Phi) is 6.06. The number of hydrogen-bond acceptors (Lipinski definition) is 2. The standard InChI is InChI=1S/C15H21NO3/c1-3-4-6-11(2)15(19)16-13-8-5-7-12(9-13)10-14(17)18/h5,7-9,11H,3-4,6,10H2,1-2H3,(H,16,19)(H,17,18). The summed E-state index contributed by atoms with van der Waals surface area (Å²) in [4.78, 5) is 22.6. The van der Waals surface area contributed by atoms with Crippen molar-refractivity contribution in [3.05, 3.63) is 29.8 Å². The van der Waals surface area contributed by atoms with Crippen LogP contribution >= 0.6 is 0 Å². The summed E-state index contributed by atoms with van der Waals surface area (Å²) in [5.41, 5.74) is 1.35. The third-order valence-electron chi connectivity index (χ3n) is 2.99. The van der Waals surface area contributed by atoms with Gasteiger partial charge in [-0.1, -0.05) is 38.8 Å². The second-order valence-electron chi connectivity index (χ2n) is 4.80. The zero-order valence-corrected chi connectivity index (χ0v) is 11.5. The molecule has 0 aromatic heterocycles. The summed E-state index contributed by atoms with van der Waals surface area (Å²) in [6, 6.07) is 6.98. The van der Waals surface area contributed by atoms with Gasteiger partial charge >= 0.3 is 5.97 Å². The number of aliphatic carboxylic acids is 1. The number of benzene rings is 1. The lowest BCUT2D eigenvalue weighted by atomic mass is 10.0. The van der Waals surface area contributed by atoms with Gasteiger partial charge in [0.2, 0.25) is 5.91 Å². The fraction of sp³-hybridized carbons (Fsp3) is 0.467. The van der Waals surface area contributed by atoms with Crippen LogP contribution in [0.1, 0.15) is 38.7 Å². The van der Waals surface area contributed by atoms with Gasteiger partial charge in [0.15, 0.2) is 0 Å². The van der Waals surface area contributed by atoms with Gasteiger partial charge in [-0.3, -0.25) is 9.59 Å². The number of carbonyl (C=O) groups is 2. The number of hydrogen-bond donors (Lipinski definition) is 2. The molecule has 1 rings (SSSR count). The fourth-order valence-corrected chi connectivity index (χ4v) is 1.84. The van der Waals surface area contributed by atoms with Crippen LogP contribution in [0.25, 0.3) is 0 Å². The Morgan fingerprint density at radius 1 is 1.37 bits per heavy atom. The largest absolute Gasteiger partial charge is 0.481 e. The van der Waals surface area contributed by atoms with E-state index in [0.717, 1.165) is 19.3 Å². The van der Waals surface area contributed by atoms with E-state index in [4.69, 9.17) is 5.11 Å². The molecule has 4 nitrogen and oxygen atoms in total. The highest BCUT2D eigenvalue weighted by molar-refractivity contribution is 5.92. The molecule has 19 heavy (non-hydrogen) atoms. The monoisotopic (exact) mass is 263 g/mol. The molecule has 0 aliphatic carbocycles.